The lowest BCUT2D eigenvalue weighted by Crippen LogP contribution is -2.47. The molecule has 1 aliphatic heterocycles. The second-order valence-corrected chi connectivity index (χ2v) is 5.72. The van der Waals surface area contributed by atoms with Gasteiger partial charge in [0.1, 0.15) is 0 Å². The number of benzene rings is 1. The van der Waals surface area contributed by atoms with E-state index in [1.165, 1.54) is 6.42 Å². The molecule has 1 aliphatic rings. The maximum Gasteiger partial charge on any atom is 0.255 e. The quantitative estimate of drug-likeness (QED) is 0.913. The fourth-order valence-electron chi connectivity index (χ4n) is 2.47. The van der Waals surface area contributed by atoms with Crippen molar-refractivity contribution in [1.29, 1.82) is 0 Å². The molecule has 3 nitrogen and oxygen atoms in total. The van der Waals surface area contributed by atoms with Gasteiger partial charge in [0.15, 0.2) is 0 Å². The van der Waals surface area contributed by atoms with E-state index in [1.54, 1.807) is 0 Å². The van der Waals surface area contributed by atoms with Crippen LogP contribution in [0.3, 0.4) is 0 Å². The van der Waals surface area contributed by atoms with Gasteiger partial charge in [-0.3, -0.25) is 4.79 Å². The van der Waals surface area contributed by atoms with Crippen molar-refractivity contribution in [1.82, 2.24) is 4.90 Å². The van der Waals surface area contributed by atoms with Crippen molar-refractivity contribution in [2.45, 2.75) is 32.2 Å². The highest BCUT2D eigenvalue weighted by Crippen LogP contribution is 2.24. The zero-order chi connectivity index (χ0) is 13.1. The molecule has 0 bridgehead atoms. The lowest BCUT2D eigenvalue weighted by Gasteiger charge is -2.35. The molecule has 1 heterocycles. The SMILES string of the molecule is Cc1ccc(Br)c(C(=O)N2CCCCC2CN)c1. The summed E-state index contributed by atoms with van der Waals surface area (Å²) >= 11 is 3.46. The Bertz CT molecular complexity index is 447. The number of likely N-dealkylation sites (tertiary alicyclic amines) is 1. The Labute approximate surface area is 116 Å². The number of rotatable bonds is 2. The van der Waals surface area contributed by atoms with Crippen LogP contribution in [0.25, 0.3) is 0 Å². The monoisotopic (exact) mass is 310 g/mol. The van der Waals surface area contributed by atoms with Crippen molar-refractivity contribution in [3.05, 3.63) is 33.8 Å². The minimum Gasteiger partial charge on any atom is -0.334 e. The fraction of sp³-hybridized carbons (Fsp3) is 0.500. The van der Waals surface area contributed by atoms with Crippen LogP contribution in [0.4, 0.5) is 0 Å². The Morgan fingerprint density at radius 1 is 1.50 bits per heavy atom. The number of carbonyl (C=O) groups is 1. The molecule has 0 spiro atoms. The molecule has 2 N–H and O–H groups in total. The molecule has 1 fully saturated rings. The van der Waals surface area contributed by atoms with Crippen molar-refractivity contribution in [3.63, 3.8) is 0 Å². The topological polar surface area (TPSA) is 46.3 Å². The Balaban J connectivity index is 2.26. The van der Waals surface area contributed by atoms with Gasteiger partial charge in [-0.25, -0.2) is 0 Å². The number of hydrogen-bond acceptors (Lipinski definition) is 2. The van der Waals surface area contributed by atoms with Crippen LogP contribution >= 0.6 is 15.9 Å². The highest BCUT2D eigenvalue weighted by Gasteiger charge is 2.27. The van der Waals surface area contributed by atoms with Crippen molar-refractivity contribution in [2.24, 2.45) is 5.73 Å². The van der Waals surface area contributed by atoms with Crippen molar-refractivity contribution in [3.8, 4) is 0 Å². The van der Waals surface area contributed by atoms with Gasteiger partial charge in [0, 0.05) is 23.6 Å². The third-order valence-electron chi connectivity index (χ3n) is 3.51. The number of piperidine rings is 1. The Hall–Kier alpha value is -0.870. The molecule has 4 heteroatoms. The second kappa shape index (κ2) is 5.85. The molecule has 98 valence electrons. The van der Waals surface area contributed by atoms with Crippen molar-refractivity contribution in [2.75, 3.05) is 13.1 Å². The maximum atomic E-state index is 12.6. The van der Waals surface area contributed by atoms with Crippen LogP contribution in [0.2, 0.25) is 0 Å². The van der Waals surface area contributed by atoms with Gasteiger partial charge < -0.3 is 10.6 Å². The van der Waals surface area contributed by atoms with Gasteiger partial charge in [-0.2, -0.15) is 0 Å². The zero-order valence-corrected chi connectivity index (χ0v) is 12.2. The highest BCUT2D eigenvalue weighted by atomic mass is 79.9. The molecule has 0 saturated carbocycles. The number of carbonyl (C=O) groups excluding carboxylic acids is 1. The lowest BCUT2D eigenvalue weighted by molar-refractivity contribution is 0.0622. The number of amides is 1. The molecule has 1 aromatic rings. The van der Waals surface area contributed by atoms with Gasteiger partial charge in [0.05, 0.1) is 5.56 Å². The van der Waals surface area contributed by atoms with Crippen molar-refractivity contribution < 1.29 is 4.79 Å². The lowest BCUT2D eigenvalue weighted by atomic mass is 10.0. The van der Waals surface area contributed by atoms with Crippen LogP contribution < -0.4 is 5.73 Å². The molecule has 18 heavy (non-hydrogen) atoms. The number of halogens is 1. The minimum absolute atomic E-state index is 0.0979. The van der Waals surface area contributed by atoms with Gasteiger partial charge in [-0.05, 0) is 54.2 Å². The predicted molar refractivity (Wildman–Crippen MR) is 76.6 cm³/mol. The molecule has 2 rings (SSSR count). The van der Waals surface area contributed by atoms with E-state index < -0.39 is 0 Å². The normalized spacial score (nSPS) is 19.9. The van der Waals surface area contributed by atoms with Gasteiger partial charge in [0.2, 0.25) is 0 Å². The first-order valence-electron chi connectivity index (χ1n) is 6.40. The molecule has 0 aliphatic carbocycles. The highest BCUT2D eigenvalue weighted by molar-refractivity contribution is 9.10. The van der Waals surface area contributed by atoms with Crippen LogP contribution in [-0.2, 0) is 0 Å². The summed E-state index contributed by atoms with van der Waals surface area (Å²) in [5.41, 5.74) is 7.62. The molecule has 0 aromatic heterocycles. The first-order valence-corrected chi connectivity index (χ1v) is 7.20. The summed E-state index contributed by atoms with van der Waals surface area (Å²) in [6.45, 7) is 3.37. The smallest absolute Gasteiger partial charge is 0.255 e. The van der Waals surface area contributed by atoms with E-state index in [0.29, 0.717) is 6.54 Å². The van der Waals surface area contributed by atoms with Crippen LogP contribution in [0.1, 0.15) is 35.2 Å². The van der Waals surface area contributed by atoms with Gasteiger partial charge in [-0.15, -0.1) is 0 Å². The Morgan fingerprint density at radius 2 is 2.28 bits per heavy atom. The predicted octanol–water partition coefficient (Wildman–Crippen LogP) is 2.71. The summed E-state index contributed by atoms with van der Waals surface area (Å²) in [5, 5.41) is 0. The molecular formula is C14H19BrN2O. The van der Waals surface area contributed by atoms with E-state index in [9.17, 15) is 4.79 Å². The maximum absolute atomic E-state index is 12.6. The molecule has 1 atom stereocenters. The van der Waals surface area contributed by atoms with E-state index in [-0.39, 0.29) is 11.9 Å². The number of nitrogens with zero attached hydrogens (tertiary/aromatic N) is 1. The summed E-state index contributed by atoms with van der Waals surface area (Å²) < 4.78 is 0.861. The summed E-state index contributed by atoms with van der Waals surface area (Å²) in [5.74, 6) is 0.0979. The largest absolute Gasteiger partial charge is 0.334 e. The van der Waals surface area contributed by atoms with Gasteiger partial charge in [0.25, 0.3) is 5.91 Å². The van der Waals surface area contributed by atoms with Crippen LogP contribution in [0.5, 0.6) is 0 Å². The van der Waals surface area contributed by atoms with Crippen LogP contribution in [-0.4, -0.2) is 29.9 Å². The molecule has 1 unspecified atom stereocenters. The van der Waals surface area contributed by atoms with Gasteiger partial charge >= 0.3 is 0 Å². The van der Waals surface area contributed by atoms with E-state index in [1.807, 2.05) is 30.0 Å². The Kier molecular flexibility index (Phi) is 4.40. The Morgan fingerprint density at radius 3 is 3.00 bits per heavy atom. The van der Waals surface area contributed by atoms with Crippen LogP contribution in [0.15, 0.2) is 22.7 Å². The number of hydrogen-bond donors (Lipinski definition) is 1. The number of nitrogens with two attached hydrogens (primary N) is 1. The standard InChI is InChI=1S/C14H19BrN2O/c1-10-5-6-13(15)12(8-10)14(18)17-7-3-2-4-11(17)9-16/h5-6,8,11H,2-4,7,9,16H2,1H3. The summed E-state index contributed by atoms with van der Waals surface area (Å²) in [4.78, 5) is 14.5. The molecule has 0 radical (unpaired) electrons. The second-order valence-electron chi connectivity index (χ2n) is 4.87. The van der Waals surface area contributed by atoms with E-state index in [4.69, 9.17) is 5.73 Å². The van der Waals surface area contributed by atoms with E-state index >= 15 is 0 Å². The summed E-state index contributed by atoms with van der Waals surface area (Å²) in [6.07, 6.45) is 3.26. The number of aryl methyl sites for hydroxylation is 1. The first-order chi connectivity index (χ1) is 8.63. The van der Waals surface area contributed by atoms with Crippen molar-refractivity contribution >= 4 is 21.8 Å². The minimum atomic E-state index is 0.0979. The molecule has 1 aromatic carbocycles. The third-order valence-corrected chi connectivity index (χ3v) is 4.20. The van der Waals surface area contributed by atoms with Gasteiger partial charge in [-0.1, -0.05) is 11.6 Å². The molecular weight excluding hydrogens is 292 g/mol. The first kappa shape index (κ1) is 13.6. The fourth-order valence-corrected chi connectivity index (χ4v) is 2.89. The summed E-state index contributed by atoms with van der Waals surface area (Å²) in [6, 6.07) is 6.06. The molecule has 1 saturated heterocycles. The zero-order valence-electron chi connectivity index (χ0n) is 10.7. The average molecular weight is 311 g/mol. The third kappa shape index (κ3) is 2.75. The van der Waals surface area contributed by atoms with E-state index in [2.05, 4.69) is 15.9 Å². The molecule has 1 amide bonds. The van der Waals surface area contributed by atoms with Crippen LogP contribution in [0, 0.1) is 6.92 Å². The average Bonchev–Trinajstić information content (AvgIpc) is 2.40. The van der Waals surface area contributed by atoms with E-state index in [0.717, 1.165) is 35.0 Å². The summed E-state index contributed by atoms with van der Waals surface area (Å²) in [7, 11) is 0.